The third-order valence-electron chi connectivity index (χ3n) is 7.35. The molecule has 0 bridgehead atoms. The summed E-state index contributed by atoms with van der Waals surface area (Å²) < 4.78 is 38.4. The van der Waals surface area contributed by atoms with Crippen molar-refractivity contribution in [1.29, 1.82) is 0 Å². The van der Waals surface area contributed by atoms with Crippen molar-refractivity contribution >= 4 is 11.1 Å². The van der Waals surface area contributed by atoms with Crippen LogP contribution in [0.2, 0.25) is 0 Å². The van der Waals surface area contributed by atoms with Gasteiger partial charge in [0.2, 0.25) is 6.43 Å². The van der Waals surface area contributed by atoms with Crippen LogP contribution in [-0.4, -0.2) is 47.3 Å². The van der Waals surface area contributed by atoms with E-state index in [1.807, 2.05) is 44.2 Å². The number of likely N-dealkylation sites (tertiary alicyclic amines) is 1. The Morgan fingerprint density at radius 3 is 2.49 bits per heavy atom. The van der Waals surface area contributed by atoms with Gasteiger partial charge in [-0.15, -0.1) is 0 Å². The molecule has 3 aromatic carbocycles. The summed E-state index contributed by atoms with van der Waals surface area (Å²) >= 11 is 0. The average Bonchev–Trinajstić information content (AvgIpc) is 3.39. The highest BCUT2D eigenvalue weighted by Gasteiger charge is 2.32. The van der Waals surface area contributed by atoms with Crippen LogP contribution in [0.3, 0.4) is 0 Å². The molecule has 1 saturated heterocycles. The molecule has 0 amide bonds. The summed E-state index contributed by atoms with van der Waals surface area (Å²) in [7, 11) is 0. The number of fused-ring (bicyclic) bond motifs is 1. The van der Waals surface area contributed by atoms with Crippen LogP contribution in [-0.2, 0) is 0 Å². The van der Waals surface area contributed by atoms with E-state index in [2.05, 4.69) is 4.90 Å². The molecule has 3 atom stereocenters. The second-order valence-corrected chi connectivity index (χ2v) is 9.87. The molecule has 0 aromatic heterocycles. The highest BCUT2D eigenvalue weighted by Crippen LogP contribution is 2.47. The molecule has 0 radical (unpaired) electrons. The van der Waals surface area contributed by atoms with Crippen LogP contribution in [0.5, 0.6) is 23.0 Å². The molecule has 2 aliphatic rings. The lowest BCUT2D eigenvalue weighted by Crippen LogP contribution is -2.36. The fraction of sp³-hybridized carbons (Fsp3) is 0.333. The SMILES string of the molecule is CC1=C(c2cccc(O)c2)C(c2ccc(OC[C@H](C)N3CC[C@@H](C(F)F)C3)cc2)Oc2ccc(O)cc21. The van der Waals surface area contributed by atoms with Crippen molar-refractivity contribution in [3.05, 3.63) is 83.4 Å². The Morgan fingerprint density at radius 1 is 1.03 bits per heavy atom. The highest BCUT2D eigenvalue weighted by atomic mass is 19.3. The van der Waals surface area contributed by atoms with Gasteiger partial charge in [0.05, 0.1) is 0 Å². The average molecular weight is 508 g/mol. The minimum atomic E-state index is -2.27. The summed E-state index contributed by atoms with van der Waals surface area (Å²) in [4.78, 5) is 2.06. The molecule has 5 rings (SSSR count). The summed E-state index contributed by atoms with van der Waals surface area (Å²) in [6.45, 7) is 5.48. The number of benzene rings is 3. The lowest BCUT2D eigenvalue weighted by atomic mass is 9.86. The molecule has 194 valence electrons. The lowest BCUT2D eigenvalue weighted by Gasteiger charge is -2.31. The number of nitrogens with zero attached hydrogens (tertiary/aromatic N) is 1. The third-order valence-corrected chi connectivity index (χ3v) is 7.35. The van der Waals surface area contributed by atoms with Gasteiger partial charge in [0.25, 0.3) is 0 Å². The van der Waals surface area contributed by atoms with E-state index >= 15 is 0 Å². The molecule has 7 heteroatoms. The van der Waals surface area contributed by atoms with E-state index in [0.29, 0.717) is 37.6 Å². The van der Waals surface area contributed by atoms with Gasteiger partial charge in [0.1, 0.15) is 35.7 Å². The number of hydrogen-bond acceptors (Lipinski definition) is 5. The Labute approximate surface area is 215 Å². The fourth-order valence-electron chi connectivity index (χ4n) is 5.20. The second kappa shape index (κ2) is 10.4. The third kappa shape index (κ3) is 5.27. The maximum Gasteiger partial charge on any atom is 0.242 e. The molecule has 1 fully saturated rings. The number of halogens is 2. The predicted octanol–water partition coefficient (Wildman–Crippen LogP) is 6.52. The second-order valence-electron chi connectivity index (χ2n) is 9.87. The first-order valence-corrected chi connectivity index (χ1v) is 12.6. The first-order valence-electron chi connectivity index (χ1n) is 12.6. The largest absolute Gasteiger partial charge is 0.508 e. The van der Waals surface area contributed by atoms with Gasteiger partial charge >= 0.3 is 0 Å². The van der Waals surface area contributed by atoms with Gasteiger partial charge in [-0.2, -0.15) is 0 Å². The molecular formula is C30H31F2NO4. The number of allylic oxidation sites excluding steroid dienone is 1. The molecule has 3 aromatic rings. The van der Waals surface area contributed by atoms with Crippen molar-refractivity contribution < 1.29 is 28.5 Å². The van der Waals surface area contributed by atoms with Crippen molar-refractivity contribution in [3.63, 3.8) is 0 Å². The van der Waals surface area contributed by atoms with Gasteiger partial charge in [-0.1, -0.05) is 24.3 Å². The molecule has 2 aliphatic heterocycles. The smallest absolute Gasteiger partial charge is 0.242 e. The van der Waals surface area contributed by atoms with Crippen LogP contribution in [0.4, 0.5) is 8.78 Å². The zero-order valence-corrected chi connectivity index (χ0v) is 20.9. The van der Waals surface area contributed by atoms with Crippen LogP contribution in [0.25, 0.3) is 11.1 Å². The van der Waals surface area contributed by atoms with Crippen LogP contribution >= 0.6 is 0 Å². The minimum Gasteiger partial charge on any atom is -0.508 e. The monoisotopic (exact) mass is 507 g/mol. The van der Waals surface area contributed by atoms with E-state index in [1.165, 1.54) is 0 Å². The number of phenols is 2. The van der Waals surface area contributed by atoms with Crippen molar-refractivity contribution in [2.75, 3.05) is 19.7 Å². The number of alkyl halides is 2. The summed E-state index contributed by atoms with van der Waals surface area (Å²) in [6.07, 6.45) is -2.18. The van der Waals surface area contributed by atoms with Crippen LogP contribution in [0, 0.1) is 5.92 Å². The van der Waals surface area contributed by atoms with Crippen LogP contribution in [0.1, 0.15) is 43.1 Å². The van der Waals surface area contributed by atoms with Crippen molar-refractivity contribution in [2.24, 2.45) is 5.92 Å². The van der Waals surface area contributed by atoms with Crippen LogP contribution < -0.4 is 9.47 Å². The van der Waals surface area contributed by atoms with Gasteiger partial charge in [-0.3, -0.25) is 4.90 Å². The van der Waals surface area contributed by atoms with Gasteiger partial charge in [-0.05, 0) is 86.0 Å². The Balaban J connectivity index is 1.36. The Hall–Kier alpha value is -3.58. The number of rotatable bonds is 7. The number of hydrogen-bond donors (Lipinski definition) is 2. The molecule has 0 spiro atoms. The van der Waals surface area contributed by atoms with Crippen LogP contribution in [0.15, 0.2) is 66.7 Å². The van der Waals surface area contributed by atoms with E-state index in [-0.39, 0.29) is 17.5 Å². The summed E-state index contributed by atoms with van der Waals surface area (Å²) in [5, 5.41) is 20.2. The number of phenolic OH excluding ortho intramolecular Hbond substituents is 2. The van der Waals surface area contributed by atoms with Gasteiger partial charge in [-0.25, -0.2) is 8.78 Å². The maximum absolute atomic E-state index is 13.0. The summed E-state index contributed by atoms with van der Waals surface area (Å²) in [6, 6.07) is 19.8. The van der Waals surface area contributed by atoms with E-state index in [1.54, 1.807) is 36.4 Å². The standard InChI is InChI=1S/C30H31F2NO4/c1-18(33-13-12-22(16-33)30(31)32)17-36-25-9-6-20(7-10-25)29-28(21-4-3-5-23(34)14-21)19(2)26-15-24(35)8-11-27(26)37-29/h3-11,14-15,18,22,29-30,34-35H,12-13,16-17H2,1-2H3/t18-,22+,29?/m0/s1. The molecule has 1 unspecified atom stereocenters. The summed E-state index contributed by atoms with van der Waals surface area (Å²) in [5.41, 5.74) is 4.41. The quantitative estimate of drug-likeness (QED) is 0.381. The number of ether oxygens (including phenoxy) is 2. The van der Waals surface area contributed by atoms with Crippen molar-refractivity contribution in [1.82, 2.24) is 4.90 Å². The van der Waals surface area contributed by atoms with Gasteiger partial charge in [0, 0.05) is 29.6 Å². The summed E-state index contributed by atoms with van der Waals surface area (Å²) in [5.74, 6) is 1.13. The Morgan fingerprint density at radius 2 is 1.78 bits per heavy atom. The first-order chi connectivity index (χ1) is 17.8. The van der Waals surface area contributed by atoms with E-state index in [9.17, 15) is 19.0 Å². The molecule has 37 heavy (non-hydrogen) atoms. The Kier molecular flexibility index (Phi) is 7.07. The zero-order chi connectivity index (χ0) is 26.1. The fourth-order valence-corrected chi connectivity index (χ4v) is 5.20. The van der Waals surface area contributed by atoms with E-state index < -0.39 is 18.4 Å². The highest BCUT2D eigenvalue weighted by molar-refractivity contribution is 5.95. The minimum absolute atomic E-state index is 0.0426. The zero-order valence-electron chi connectivity index (χ0n) is 20.9. The van der Waals surface area contributed by atoms with E-state index in [0.717, 1.165) is 27.8 Å². The number of aromatic hydroxyl groups is 2. The normalized spacial score (nSPS) is 20.6. The maximum atomic E-state index is 13.0. The molecule has 0 saturated carbocycles. The first kappa shape index (κ1) is 25.1. The van der Waals surface area contributed by atoms with Gasteiger partial charge in [0.15, 0.2) is 0 Å². The molecule has 2 heterocycles. The molecular weight excluding hydrogens is 476 g/mol. The lowest BCUT2D eigenvalue weighted by molar-refractivity contribution is 0.0746. The predicted molar refractivity (Wildman–Crippen MR) is 139 cm³/mol. The van der Waals surface area contributed by atoms with Crippen molar-refractivity contribution in [3.8, 4) is 23.0 Å². The molecule has 2 N–H and O–H groups in total. The topological polar surface area (TPSA) is 62.2 Å². The van der Waals surface area contributed by atoms with Crippen molar-refractivity contribution in [2.45, 2.75) is 38.8 Å². The molecule has 5 nitrogen and oxygen atoms in total. The molecule has 0 aliphatic carbocycles. The Bertz CT molecular complexity index is 1290. The van der Waals surface area contributed by atoms with Gasteiger partial charge < -0.3 is 19.7 Å². The van der Waals surface area contributed by atoms with E-state index in [4.69, 9.17) is 9.47 Å².